The molecule has 0 atom stereocenters. The SMILES string of the molecule is CC(C)O.COc1cccc(C(C)(C)N=[N+]=[N-])c1. The fourth-order valence-electron chi connectivity index (χ4n) is 1.17. The normalized spacial score (nSPS) is 10.2. The standard InChI is InChI=1S/C10H13N3O.C3H8O/c1-10(2,12-13-11)8-5-4-6-9(7-8)14-3;1-3(2)4/h4-7H,1-3H3;3-4H,1-2H3. The van der Waals surface area contributed by atoms with Gasteiger partial charge in [-0.25, -0.2) is 0 Å². The van der Waals surface area contributed by atoms with Crippen molar-refractivity contribution in [3.8, 4) is 5.75 Å². The molecule has 0 bridgehead atoms. The number of nitrogens with zero attached hydrogens (tertiary/aromatic N) is 3. The first-order valence-corrected chi connectivity index (χ1v) is 5.72. The Balaban J connectivity index is 0.000000631. The van der Waals surface area contributed by atoms with E-state index in [0.29, 0.717) is 0 Å². The molecule has 5 heteroatoms. The van der Waals surface area contributed by atoms with Crippen LogP contribution in [0, 0.1) is 0 Å². The lowest BCUT2D eigenvalue weighted by molar-refractivity contribution is 0.216. The smallest absolute Gasteiger partial charge is 0.119 e. The van der Waals surface area contributed by atoms with E-state index in [2.05, 4.69) is 10.0 Å². The van der Waals surface area contributed by atoms with Crippen LogP contribution in [0.5, 0.6) is 5.75 Å². The molecule has 0 amide bonds. The molecule has 1 aromatic rings. The molecular weight excluding hydrogens is 230 g/mol. The molecule has 0 aliphatic carbocycles. The third-order valence-corrected chi connectivity index (χ3v) is 2.07. The Morgan fingerprint density at radius 1 is 1.39 bits per heavy atom. The second kappa shape index (κ2) is 7.58. The number of rotatable bonds is 3. The van der Waals surface area contributed by atoms with Crippen LogP contribution >= 0.6 is 0 Å². The highest BCUT2D eigenvalue weighted by molar-refractivity contribution is 5.32. The molecular formula is C13H21N3O2. The Labute approximate surface area is 108 Å². The monoisotopic (exact) mass is 251 g/mol. The quantitative estimate of drug-likeness (QED) is 0.505. The van der Waals surface area contributed by atoms with E-state index < -0.39 is 5.54 Å². The van der Waals surface area contributed by atoms with Gasteiger partial charge >= 0.3 is 0 Å². The molecule has 1 rings (SSSR count). The summed E-state index contributed by atoms with van der Waals surface area (Å²) in [6.45, 7) is 7.17. The average Bonchev–Trinajstić information content (AvgIpc) is 2.28. The lowest BCUT2D eigenvalue weighted by atomic mass is 9.95. The summed E-state index contributed by atoms with van der Waals surface area (Å²) in [7, 11) is 1.61. The van der Waals surface area contributed by atoms with E-state index in [0.717, 1.165) is 11.3 Å². The molecule has 0 fully saturated rings. The number of aliphatic hydroxyl groups is 1. The van der Waals surface area contributed by atoms with Crippen molar-refractivity contribution in [3.05, 3.63) is 40.3 Å². The minimum absolute atomic E-state index is 0.167. The zero-order valence-corrected chi connectivity index (χ0v) is 11.6. The summed E-state index contributed by atoms with van der Waals surface area (Å²) >= 11 is 0. The van der Waals surface area contributed by atoms with Gasteiger partial charge in [0.1, 0.15) is 5.75 Å². The first-order chi connectivity index (χ1) is 8.33. The Morgan fingerprint density at radius 2 is 1.94 bits per heavy atom. The molecule has 0 aliphatic rings. The lowest BCUT2D eigenvalue weighted by Gasteiger charge is -2.18. The van der Waals surface area contributed by atoms with E-state index in [1.54, 1.807) is 21.0 Å². The molecule has 0 saturated heterocycles. The third kappa shape index (κ3) is 6.13. The summed E-state index contributed by atoms with van der Waals surface area (Å²) < 4.78 is 5.09. The maximum Gasteiger partial charge on any atom is 0.119 e. The maximum absolute atomic E-state index is 8.42. The van der Waals surface area contributed by atoms with Crippen molar-refractivity contribution in [3.63, 3.8) is 0 Å². The van der Waals surface area contributed by atoms with Crippen LogP contribution in [0.2, 0.25) is 0 Å². The Kier molecular flexibility index (Phi) is 6.86. The van der Waals surface area contributed by atoms with Crippen molar-refractivity contribution in [1.82, 2.24) is 0 Å². The third-order valence-electron chi connectivity index (χ3n) is 2.07. The molecule has 100 valence electrons. The van der Waals surface area contributed by atoms with E-state index in [9.17, 15) is 0 Å². The number of hydrogen-bond donors (Lipinski definition) is 1. The Hall–Kier alpha value is -1.71. The number of methoxy groups -OCH3 is 1. The highest BCUT2D eigenvalue weighted by atomic mass is 16.5. The van der Waals surface area contributed by atoms with Crippen LogP contribution in [-0.2, 0) is 5.54 Å². The molecule has 0 aliphatic heterocycles. The van der Waals surface area contributed by atoms with Gasteiger partial charge in [0, 0.05) is 11.0 Å². The molecule has 1 N–H and O–H groups in total. The molecule has 0 saturated carbocycles. The predicted molar refractivity (Wildman–Crippen MR) is 72.5 cm³/mol. The number of ether oxygens (including phenoxy) is 1. The topological polar surface area (TPSA) is 78.2 Å². The van der Waals surface area contributed by atoms with Crippen LogP contribution in [0.1, 0.15) is 33.3 Å². The molecule has 0 unspecified atom stereocenters. The number of hydrogen-bond acceptors (Lipinski definition) is 3. The summed E-state index contributed by atoms with van der Waals surface area (Å²) in [5.41, 5.74) is 8.82. The van der Waals surface area contributed by atoms with Gasteiger partial charge < -0.3 is 9.84 Å². The van der Waals surface area contributed by atoms with Crippen molar-refractivity contribution in [2.24, 2.45) is 5.11 Å². The van der Waals surface area contributed by atoms with Gasteiger partial charge in [0.2, 0.25) is 0 Å². The van der Waals surface area contributed by atoms with E-state index in [4.69, 9.17) is 15.4 Å². The summed E-state index contributed by atoms with van der Waals surface area (Å²) in [4.78, 5) is 2.82. The first kappa shape index (κ1) is 16.3. The van der Waals surface area contributed by atoms with Gasteiger partial charge in [-0.05, 0) is 37.1 Å². The van der Waals surface area contributed by atoms with Gasteiger partial charge in [0.25, 0.3) is 0 Å². The molecule has 0 spiro atoms. The van der Waals surface area contributed by atoms with E-state index >= 15 is 0 Å². The second-order valence-electron chi connectivity index (χ2n) is 4.57. The Morgan fingerprint density at radius 3 is 2.39 bits per heavy atom. The van der Waals surface area contributed by atoms with Crippen LogP contribution in [0.3, 0.4) is 0 Å². The lowest BCUT2D eigenvalue weighted by Crippen LogP contribution is -2.12. The Bertz CT molecular complexity index is 408. The molecule has 0 aromatic heterocycles. The van der Waals surface area contributed by atoms with Gasteiger partial charge in [-0.15, -0.1) is 0 Å². The van der Waals surface area contributed by atoms with Crippen molar-refractivity contribution in [2.75, 3.05) is 7.11 Å². The van der Waals surface area contributed by atoms with Crippen LogP contribution in [-0.4, -0.2) is 18.3 Å². The minimum atomic E-state index is -0.538. The summed E-state index contributed by atoms with van der Waals surface area (Å²) in [6.07, 6.45) is -0.167. The molecule has 1 aromatic carbocycles. The fraction of sp³-hybridized carbons (Fsp3) is 0.538. The van der Waals surface area contributed by atoms with Crippen molar-refractivity contribution < 1.29 is 9.84 Å². The van der Waals surface area contributed by atoms with E-state index in [1.807, 2.05) is 38.1 Å². The largest absolute Gasteiger partial charge is 0.497 e. The molecule has 0 heterocycles. The van der Waals surface area contributed by atoms with Crippen LogP contribution in [0.25, 0.3) is 10.4 Å². The predicted octanol–water partition coefficient (Wildman–Crippen LogP) is 3.63. The molecule has 5 nitrogen and oxygen atoms in total. The van der Waals surface area contributed by atoms with Crippen LogP contribution < -0.4 is 4.74 Å². The van der Waals surface area contributed by atoms with Gasteiger partial charge in [-0.2, -0.15) is 0 Å². The number of aliphatic hydroxyl groups excluding tert-OH is 1. The van der Waals surface area contributed by atoms with Gasteiger partial charge in [-0.3, -0.25) is 0 Å². The summed E-state index contributed by atoms with van der Waals surface area (Å²) in [5.74, 6) is 0.767. The number of azide groups is 1. The molecule has 0 radical (unpaired) electrons. The van der Waals surface area contributed by atoms with Crippen LogP contribution in [0.4, 0.5) is 0 Å². The van der Waals surface area contributed by atoms with Gasteiger partial charge in [0.05, 0.1) is 12.6 Å². The zero-order chi connectivity index (χ0) is 14.2. The number of benzene rings is 1. The van der Waals surface area contributed by atoms with Gasteiger partial charge in [0.15, 0.2) is 0 Å². The maximum atomic E-state index is 8.42. The van der Waals surface area contributed by atoms with Gasteiger partial charge in [-0.1, -0.05) is 31.1 Å². The molecule has 18 heavy (non-hydrogen) atoms. The first-order valence-electron chi connectivity index (χ1n) is 5.72. The zero-order valence-electron chi connectivity index (χ0n) is 11.6. The van der Waals surface area contributed by atoms with Crippen LogP contribution in [0.15, 0.2) is 29.4 Å². The summed E-state index contributed by atoms with van der Waals surface area (Å²) in [6, 6.07) is 7.52. The fourth-order valence-corrected chi connectivity index (χ4v) is 1.17. The minimum Gasteiger partial charge on any atom is -0.497 e. The summed E-state index contributed by atoms with van der Waals surface area (Å²) in [5, 5.41) is 11.8. The van der Waals surface area contributed by atoms with Crippen molar-refractivity contribution >= 4 is 0 Å². The second-order valence-corrected chi connectivity index (χ2v) is 4.57. The van der Waals surface area contributed by atoms with Crippen molar-refractivity contribution in [2.45, 2.75) is 39.3 Å². The highest BCUT2D eigenvalue weighted by Crippen LogP contribution is 2.27. The van der Waals surface area contributed by atoms with E-state index in [-0.39, 0.29) is 6.10 Å². The van der Waals surface area contributed by atoms with Crippen molar-refractivity contribution in [1.29, 1.82) is 0 Å². The highest BCUT2D eigenvalue weighted by Gasteiger charge is 2.18. The van der Waals surface area contributed by atoms with E-state index in [1.165, 1.54) is 0 Å². The average molecular weight is 251 g/mol.